The van der Waals surface area contributed by atoms with Crippen LogP contribution < -0.4 is 20.3 Å². The first-order chi connectivity index (χ1) is 13.9. The molecular formula is C23H29N3O3. The van der Waals surface area contributed by atoms with Gasteiger partial charge >= 0.3 is 0 Å². The Balaban J connectivity index is 1.60. The first-order valence-electron chi connectivity index (χ1n) is 10.0. The lowest BCUT2D eigenvalue weighted by molar-refractivity contribution is -0.135. The van der Waals surface area contributed by atoms with Crippen LogP contribution in [0.5, 0.6) is 5.75 Å². The van der Waals surface area contributed by atoms with Crippen molar-refractivity contribution in [1.82, 2.24) is 0 Å². The van der Waals surface area contributed by atoms with Crippen molar-refractivity contribution in [2.24, 2.45) is 5.41 Å². The van der Waals surface area contributed by atoms with E-state index in [1.54, 1.807) is 45.2 Å². The zero-order chi connectivity index (χ0) is 20.9. The van der Waals surface area contributed by atoms with Crippen LogP contribution in [0.2, 0.25) is 0 Å². The monoisotopic (exact) mass is 395 g/mol. The molecule has 1 heterocycles. The predicted molar refractivity (Wildman–Crippen MR) is 117 cm³/mol. The van der Waals surface area contributed by atoms with E-state index in [0.717, 1.165) is 13.1 Å². The molecule has 6 heteroatoms. The van der Waals surface area contributed by atoms with Crippen molar-refractivity contribution in [3.8, 4) is 5.75 Å². The Morgan fingerprint density at radius 1 is 0.828 bits per heavy atom. The van der Waals surface area contributed by atoms with Crippen LogP contribution >= 0.6 is 0 Å². The Bertz CT molecular complexity index is 839. The molecular weight excluding hydrogens is 366 g/mol. The summed E-state index contributed by atoms with van der Waals surface area (Å²) < 4.78 is 5.11. The molecule has 29 heavy (non-hydrogen) atoms. The van der Waals surface area contributed by atoms with Gasteiger partial charge in [0.2, 0.25) is 11.8 Å². The number of carbonyl (C=O) groups is 2. The molecule has 0 aromatic heterocycles. The quantitative estimate of drug-likeness (QED) is 0.716. The van der Waals surface area contributed by atoms with Crippen LogP contribution in [-0.2, 0) is 9.59 Å². The average molecular weight is 396 g/mol. The summed E-state index contributed by atoms with van der Waals surface area (Å²) in [5.41, 5.74) is 1.23. The third-order valence-electron chi connectivity index (χ3n) is 5.33. The number of anilines is 3. The number of carbonyl (C=O) groups excluding carboxylic acids is 2. The van der Waals surface area contributed by atoms with E-state index in [9.17, 15) is 9.59 Å². The zero-order valence-corrected chi connectivity index (χ0v) is 17.3. The second-order valence-electron chi connectivity index (χ2n) is 7.86. The molecule has 0 unspecified atom stereocenters. The third-order valence-corrected chi connectivity index (χ3v) is 5.33. The van der Waals surface area contributed by atoms with E-state index in [1.165, 1.54) is 24.9 Å². The van der Waals surface area contributed by atoms with E-state index in [0.29, 0.717) is 17.1 Å². The minimum Gasteiger partial charge on any atom is -0.497 e. The summed E-state index contributed by atoms with van der Waals surface area (Å²) in [6, 6.07) is 14.8. The number of hydrogen-bond donors (Lipinski definition) is 2. The number of piperidine rings is 1. The number of methoxy groups -OCH3 is 1. The zero-order valence-electron chi connectivity index (χ0n) is 17.3. The summed E-state index contributed by atoms with van der Waals surface area (Å²) in [5, 5.41) is 5.65. The lowest BCUT2D eigenvalue weighted by Crippen LogP contribution is -2.41. The van der Waals surface area contributed by atoms with Gasteiger partial charge in [-0.15, -0.1) is 0 Å². The molecule has 1 saturated heterocycles. The fourth-order valence-corrected chi connectivity index (χ4v) is 3.26. The van der Waals surface area contributed by atoms with Gasteiger partial charge in [-0.05, 0) is 81.6 Å². The molecule has 0 radical (unpaired) electrons. The summed E-state index contributed by atoms with van der Waals surface area (Å²) in [4.78, 5) is 27.8. The van der Waals surface area contributed by atoms with Crippen molar-refractivity contribution < 1.29 is 14.3 Å². The molecule has 0 saturated carbocycles. The molecule has 2 aromatic rings. The van der Waals surface area contributed by atoms with Crippen molar-refractivity contribution in [2.45, 2.75) is 33.1 Å². The van der Waals surface area contributed by atoms with E-state index in [-0.39, 0.29) is 11.8 Å². The van der Waals surface area contributed by atoms with Crippen molar-refractivity contribution in [3.05, 3.63) is 48.5 Å². The molecule has 2 aromatic carbocycles. The lowest BCUT2D eigenvalue weighted by atomic mass is 9.90. The van der Waals surface area contributed by atoms with Crippen LogP contribution in [0.25, 0.3) is 0 Å². The maximum Gasteiger partial charge on any atom is 0.239 e. The van der Waals surface area contributed by atoms with Gasteiger partial charge in [0.25, 0.3) is 0 Å². The van der Waals surface area contributed by atoms with Gasteiger partial charge in [0.15, 0.2) is 0 Å². The fourth-order valence-electron chi connectivity index (χ4n) is 3.26. The number of hydrogen-bond acceptors (Lipinski definition) is 4. The number of nitrogens with zero attached hydrogens (tertiary/aromatic N) is 1. The molecule has 0 bridgehead atoms. The second kappa shape index (κ2) is 8.99. The lowest BCUT2D eigenvalue weighted by Gasteiger charge is -2.29. The molecule has 0 atom stereocenters. The Labute approximate surface area is 172 Å². The topological polar surface area (TPSA) is 70.7 Å². The summed E-state index contributed by atoms with van der Waals surface area (Å²) in [7, 11) is 1.58. The van der Waals surface area contributed by atoms with E-state index in [2.05, 4.69) is 15.5 Å². The molecule has 6 nitrogen and oxygen atoms in total. The number of nitrogens with one attached hydrogen (secondary N) is 2. The number of ether oxygens (including phenoxy) is 1. The van der Waals surface area contributed by atoms with Crippen LogP contribution in [0.1, 0.15) is 33.1 Å². The van der Waals surface area contributed by atoms with E-state index in [1.807, 2.05) is 24.3 Å². The van der Waals surface area contributed by atoms with Crippen LogP contribution in [0.3, 0.4) is 0 Å². The minimum absolute atomic E-state index is 0.353. The first kappa shape index (κ1) is 20.7. The van der Waals surface area contributed by atoms with Gasteiger partial charge < -0.3 is 20.3 Å². The molecule has 1 aliphatic rings. The summed E-state index contributed by atoms with van der Waals surface area (Å²) in [6.07, 6.45) is 3.73. The fraction of sp³-hybridized carbons (Fsp3) is 0.391. The smallest absolute Gasteiger partial charge is 0.239 e. The van der Waals surface area contributed by atoms with E-state index >= 15 is 0 Å². The molecule has 1 aliphatic heterocycles. The number of benzene rings is 2. The van der Waals surface area contributed by atoms with E-state index in [4.69, 9.17) is 4.74 Å². The normalized spacial score (nSPS) is 14.2. The summed E-state index contributed by atoms with van der Waals surface area (Å²) in [5.74, 6) is -0.0210. The average Bonchev–Trinajstić information content (AvgIpc) is 2.75. The van der Waals surface area contributed by atoms with Crippen molar-refractivity contribution in [3.63, 3.8) is 0 Å². The highest BCUT2D eigenvalue weighted by atomic mass is 16.5. The van der Waals surface area contributed by atoms with Gasteiger partial charge in [0.1, 0.15) is 11.2 Å². The van der Waals surface area contributed by atoms with Gasteiger partial charge in [0, 0.05) is 30.2 Å². The highest BCUT2D eigenvalue weighted by Crippen LogP contribution is 2.25. The Morgan fingerprint density at radius 3 is 1.79 bits per heavy atom. The molecule has 0 spiro atoms. The highest BCUT2D eigenvalue weighted by Gasteiger charge is 2.36. The van der Waals surface area contributed by atoms with Crippen LogP contribution in [0, 0.1) is 5.41 Å². The van der Waals surface area contributed by atoms with E-state index < -0.39 is 5.41 Å². The first-order valence-corrected chi connectivity index (χ1v) is 10.0. The van der Waals surface area contributed by atoms with Crippen LogP contribution in [0.4, 0.5) is 17.1 Å². The highest BCUT2D eigenvalue weighted by molar-refractivity contribution is 6.14. The molecule has 2 N–H and O–H groups in total. The van der Waals surface area contributed by atoms with Crippen LogP contribution in [-0.4, -0.2) is 32.0 Å². The van der Waals surface area contributed by atoms with Crippen molar-refractivity contribution >= 4 is 28.9 Å². The predicted octanol–water partition coefficient (Wildman–Crippen LogP) is 4.29. The van der Waals surface area contributed by atoms with Gasteiger partial charge in [0.05, 0.1) is 7.11 Å². The Hall–Kier alpha value is -3.02. The minimum atomic E-state index is -1.23. The third kappa shape index (κ3) is 5.08. The number of rotatable bonds is 6. The molecule has 3 rings (SSSR count). The van der Waals surface area contributed by atoms with Gasteiger partial charge in [-0.2, -0.15) is 0 Å². The molecule has 154 valence electrons. The second-order valence-corrected chi connectivity index (χ2v) is 7.86. The number of amides is 2. The van der Waals surface area contributed by atoms with Crippen molar-refractivity contribution in [2.75, 3.05) is 35.7 Å². The maximum absolute atomic E-state index is 12.8. The standard InChI is InChI=1S/C23H29N3O3/c1-23(2,22(28)25-18-9-13-20(29-3)14-10-18)21(27)24-17-7-11-19(12-8-17)26-15-5-4-6-16-26/h7-14H,4-6,15-16H2,1-3H3,(H,24,27)(H,25,28). The van der Waals surface area contributed by atoms with Gasteiger partial charge in [-0.1, -0.05) is 0 Å². The largest absolute Gasteiger partial charge is 0.497 e. The van der Waals surface area contributed by atoms with Gasteiger partial charge in [-0.3, -0.25) is 9.59 Å². The summed E-state index contributed by atoms with van der Waals surface area (Å²) >= 11 is 0. The van der Waals surface area contributed by atoms with Crippen LogP contribution in [0.15, 0.2) is 48.5 Å². The Morgan fingerprint density at radius 2 is 1.31 bits per heavy atom. The molecule has 1 fully saturated rings. The molecule has 0 aliphatic carbocycles. The molecule has 2 amide bonds. The summed E-state index contributed by atoms with van der Waals surface area (Å²) in [6.45, 7) is 5.38. The Kier molecular flexibility index (Phi) is 6.42. The van der Waals surface area contributed by atoms with Gasteiger partial charge in [-0.25, -0.2) is 0 Å². The van der Waals surface area contributed by atoms with Crippen molar-refractivity contribution in [1.29, 1.82) is 0 Å². The SMILES string of the molecule is COc1ccc(NC(=O)C(C)(C)C(=O)Nc2ccc(N3CCCCC3)cc2)cc1. The maximum atomic E-state index is 12.8.